The van der Waals surface area contributed by atoms with Crippen molar-refractivity contribution in [2.75, 3.05) is 19.7 Å². The van der Waals surface area contributed by atoms with Gasteiger partial charge in [-0.3, -0.25) is 14.6 Å². The van der Waals surface area contributed by atoms with Crippen LogP contribution < -0.4 is 9.47 Å². The normalized spacial score (nSPS) is 20.7. The number of likely N-dealkylation sites (tertiary alicyclic amines) is 1. The molecule has 0 unspecified atom stereocenters. The Labute approximate surface area is 259 Å². The molecule has 2 aliphatic heterocycles. The lowest BCUT2D eigenvalue weighted by Crippen LogP contribution is -2.59. The third kappa shape index (κ3) is 5.42. The van der Waals surface area contributed by atoms with E-state index in [2.05, 4.69) is 4.98 Å². The summed E-state index contributed by atoms with van der Waals surface area (Å²) in [6, 6.07) is 14.7. The first-order chi connectivity index (χ1) is 21.5. The van der Waals surface area contributed by atoms with Gasteiger partial charge in [0.25, 0.3) is 0 Å². The molecule has 45 heavy (non-hydrogen) atoms. The van der Waals surface area contributed by atoms with Crippen LogP contribution in [0.1, 0.15) is 61.1 Å². The van der Waals surface area contributed by atoms with Crippen molar-refractivity contribution in [2.45, 2.75) is 62.8 Å². The number of aliphatic hydroxyl groups is 2. The SMILES string of the molecule is C[C@](O)(CCC(=O)c1cc(OC2CC2)c2ncccc2c1)c1cc2c(c(-c3ccc(F)cc3)n1)OC[C@]2(C)C(=O)N1CC(O)C1. The number of hydrogen-bond acceptors (Lipinski definition) is 8. The van der Waals surface area contributed by atoms with E-state index in [0.717, 1.165) is 18.2 Å². The summed E-state index contributed by atoms with van der Waals surface area (Å²) in [6.45, 7) is 3.90. The third-order valence-corrected chi connectivity index (χ3v) is 9.01. The minimum absolute atomic E-state index is 0.0185. The second-order valence-electron chi connectivity index (χ2n) is 12.8. The predicted molar refractivity (Wildman–Crippen MR) is 164 cm³/mol. The van der Waals surface area contributed by atoms with Crippen LogP contribution in [0.2, 0.25) is 0 Å². The summed E-state index contributed by atoms with van der Waals surface area (Å²) < 4.78 is 26.0. The highest BCUT2D eigenvalue weighted by atomic mass is 19.1. The number of ketones is 1. The van der Waals surface area contributed by atoms with Crippen molar-refractivity contribution in [3.8, 4) is 22.8 Å². The van der Waals surface area contributed by atoms with Crippen LogP contribution in [0.25, 0.3) is 22.2 Å². The van der Waals surface area contributed by atoms with Gasteiger partial charge in [-0.15, -0.1) is 0 Å². The lowest BCUT2D eigenvalue weighted by Gasteiger charge is -2.40. The molecule has 10 heteroatoms. The van der Waals surface area contributed by atoms with Gasteiger partial charge in [0, 0.05) is 47.8 Å². The van der Waals surface area contributed by atoms with Crippen molar-refractivity contribution in [3.63, 3.8) is 0 Å². The standard InChI is InChI=1S/C35H34FN3O6/c1-34(33(42)39-17-24(40)18-39)19-44-32-26(34)16-29(38-31(32)20-5-7-23(36)8-6-20)35(2,43)12-11-27(41)22-14-21-4-3-13-37-30(21)28(15-22)45-25-9-10-25/h3-8,13-16,24-25,40,43H,9-12,17-19H2,1-2H3/t34-,35-/m0/s1. The van der Waals surface area contributed by atoms with Gasteiger partial charge in [-0.25, -0.2) is 9.37 Å². The molecule has 0 radical (unpaired) electrons. The summed E-state index contributed by atoms with van der Waals surface area (Å²) in [5.74, 6) is 0.195. The number of aromatic nitrogens is 2. The number of aliphatic hydroxyl groups excluding tert-OH is 1. The van der Waals surface area contributed by atoms with Gasteiger partial charge in [-0.2, -0.15) is 0 Å². The smallest absolute Gasteiger partial charge is 0.236 e. The van der Waals surface area contributed by atoms with Gasteiger partial charge < -0.3 is 24.6 Å². The summed E-state index contributed by atoms with van der Waals surface area (Å²) in [6.07, 6.45) is 3.28. The number of β-amino-alcohol motifs (C(OH)–C–C–N with tert-alkyl or cyclic N) is 1. The van der Waals surface area contributed by atoms with E-state index in [9.17, 15) is 24.2 Å². The number of fused-ring (bicyclic) bond motifs is 2. The number of pyridine rings is 2. The summed E-state index contributed by atoms with van der Waals surface area (Å²) in [5.41, 5.74) is 0.268. The molecule has 1 amide bonds. The monoisotopic (exact) mass is 611 g/mol. The molecule has 3 aliphatic rings. The summed E-state index contributed by atoms with van der Waals surface area (Å²) in [4.78, 5) is 37.9. The van der Waals surface area contributed by atoms with Crippen LogP contribution in [-0.2, 0) is 15.8 Å². The number of benzene rings is 2. The summed E-state index contributed by atoms with van der Waals surface area (Å²) >= 11 is 0. The highest BCUT2D eigenvalue weighted by molar-refractivity contribution is 6.01. The molecule has 2 N–H and O–H groups in total. The minimum Gasteiger partial charge on any atom is -0.489 e. The molecule has 2 atom stereocenters. The second-order valence-corrected chi connectivity index (χ2v) is 12.8. The Kier molecular flexibility index (Phi) is 7.09. The van der Waals surface area contributed by atoms with Gasteiger partial charge in [0.15, 0.2) is 5.78 Å². The number of amides is 1. The average molecular weight is 612 g/mol. The van der Waals surface area contributed by atoms with Gasteiger partial charge in [0.2, 0.25) is 5.91 Å². The molecular formula is C35H34FN3O6. The molecule has 1 saturated heterocycles. The number of carbonyl (C=O) groups is 2. The van der Waals surface area contributed by atoms with Gasteiger partial charge in [0.1, 0.15) is 46.1 Å². The molecular weight excluding hydrogens is 577 g/mol. The quantitative estimate of drug-likeness (QED) is 0.261. The molecule has 1 saturated carbocycles. The van der Waals surface area contributed by atoms with Crippen molar-refractivity contribution in [1.29, 1.82) is 0 Å². The van der Waals surface area contributed by atoms with Crippen LogP contribution in [0, 0.1) is 5.82 Å². The number of rotatable bonds is 9. The van der Waals surface area contributed by atoms with Crippen molar-refractivity contribution in [3.05, 3.63) is 83.4 Å². The maximum absolute atomic E-state index is 13.8. The Balaban J connectivity index is 1.21. The Morgan fingerprint density at radius 2 is 1.91 bits per heavy atom. The molecule has 4 heterocycles. The van der Waals surface area contributed by atoms with Crippen molar-refractivity contribution in [2.24, 2.45) is 0 Å². The van der Waals surface area contributed by atoms with E-state index in [1.807, 2.05) is 12.1 Å². The number of halogens is 1. The predicted octanol–water partition coefficient (Wildman–Crippen LogP) is 4.70. The van der Waals surface area contributed by atoms with Gasteiger partial charge >= 0.3 is 0 Å². The lowest BCUT2D eigenvalue weighted by atomic mass is 9.80. The zero-order chi connectivity index (χ0) is 31.5. The van der Waals surface area contributed by atoms with Crippen LogP contribution in [0.4, 0.5) is 4.39 Å². The first-order valence-corrected chi connectivity index (χ1v) is 15.2. The number of nitrogens with zero attached hydrogens (tertiary/aromatic N) is 3. The van der Waals surface area contributed by atoms with Crippen LogP contribution in [0.15, 0.2) is 60.8 Å². The molecule has 2 aromatic carbocycles. The fourth-order valence-electron chi connectivity index (χ4n) is 6.01. The van der Waals surface area contributed by atoms with Crippen LogP contribution in [0.5, 0.6) is 11.5 Å². The number of carbonyl (C=O) groups excluding carboxylic acids is 2. The van der Waals surface area contributed by atoms with Crippen molar-refractivity contribution < 1.29 is 33.7 Å². The first-order valence-electron chi connectivity index (χ1n) is 15.2. The molecule has 2 aromatic heterocycles. The molecule has 0 bridgehead atoms. The molecule has 2 fully saturated rings. The van der Waals surface area contributed by atoms with Crippen molar-refractivity contribution >= 4 is 22.6 Å². The number of ether oxygens (including phenoxy) is 2. The average Bonchev–Trinajstić information content (AvgIpc) is 3.77. The molecule has 7 rings (SSSR count). The summed E-state index contributed by atoms with van der Waals surface area (Å²) in [7, 11) is 0. The van der Waals surface area contributed by atoms with E-state index in [-0.39, 0.29) is 56.0 Å². The zero-order valence-electron chi connectivity index (χ0n) is 25.1. The number of Topliss-reactive ketones (excluding diaryl/α,β-unsaturated/α-hetero) is 1. The Morgan fingerprint density at radius 1 is 1.16 bits per heavy atom. The molecule has 1 aliphatic carbocycles. The third-order valence-electron chi connectivity index (χ3n) is 9.01. The van der Waals surface area contributed by atoms with Crippen LogP contribution in [-0.4, -0.2) is 68.7 Å². The maximum atomic E-state index is 13.8. The highest BCUT2D eigenvalue weighted by Crippen LogP contribution is 2.47. The Morgan fingerprint density at radius 3 is 2.62 bits per heavy atom. The first kappa shape index (κ1) is 29.3. The topological polar surface area (TPSA) is 122 Å². The lowest BCUT2D eigenvalue weighted by molar-refractivity contribution is -0.147. The van der Waals surface area contributed by atoms with E-state index < -0.39 is 22.9 Å². The van der Waals surface area contributed by atoms with Gasteiger partial charge in [-0.05, 0) is 81.6 Å². The molecule has 0 spiro atoms. The maximum Gasteiger partial charge on any atom is 0.236 e. The Hall–Kier alpha value is -4.41. The fourth-order valence-corrected chi connectivity index (χ4v) is 6.01. The zero-order valence-corrected chi connectivity index (χ0v) is 25.1. The fraction of sp³-hybridized carbons (Fsp3) is 0.371. The van der Waals surface area contributed by atoms with E-state index >= 15 is 0 Å². The van der Waals surface area contributed by atoms with Crippen molar-refractivity contribution in [1.82, 2.24) is 14.9 Å². The second kappa shape index (κ2) is 10.9. The van der Waals surface area contributed by atoms with Gasteiger partial charge in [0.05, 0.1) is 17.9 Å². The van der Waals surface area contributed by atoms with Gasteiger partial charge in [-0.1, -0.05) is 6.07 Å². The Bertz CT molecular complexity index is 1820. The molecule has 4 aromatic rings. The van der Waals surface area contributed by atoms with E-state index in [1.165, 1.54) is 12.1 Å². The van der Waals surface area contributed by atoms with Crippen LogP contribution >= 0.6 is 0 Å². The largest absolute Gasteiger partial charge is 0.489 e. The van der Waals surface area contributed by atoms with E-state index in [1.54, 1.807) is 55.3 Å². The number of hydrogen-bond donors (Lipinski definition) is 2. The van der Waals surface area contributed by atoms with Crippen LogP contribution in [0.3, 0.4) is 0 Å². The van der Waals surface area contributed by atoms with E-state index in [4.69, 9.17) is 14.5 Å². The molecule has 9 nitrogen and oxygen atoms in total. The van der Waals surface area contributed by atoms with E-state index in [0.29, 0.717) is 39.4 Å². The molecule has 232 valence electrons. The summed E-state index contributed by atoms with van der Waals surface area (Å²) in [5, 5.41) is 22.4. The minimum atomic E-state index is -1.56. The highest BCUT2D eigenvalue weighted by Gasteiger charge is 2.49.